The molecule has 5 nitrogen and oxygen atoms in total. The third-order valence-electron chi connectivity index (χ3n) is 4.11. The van der Waals surface area contributed by atoms with Gasteiger partial charge in [0.1, 0.15) is 0 Å². The maximum Gasteiger partial charge on any atom is 0.192 e. The number of pyridine rings is 1. The third-order valence-corrected chi connectivity index (χ3v) is 6.33. The second-order valence-electron chi connectivity index (χ2n) is 5.98. The zero-order valence-corrected chi connectivity index (χ0v) is 15.5. The molecule has 0 aromatic carbocycles. The van der Waals surface area contributed by atoms with Crippen molar-refractivity contribution in [2.45, 2.75) is 37.4 Å². The molecule has 3 aromatic rings. The summed E-state index contributed by atoms with van der Waals surface area (Å²) >= 11 is 3.06. The lowest BCUT2D eigenvalue weighted by Gasteiger charge is -2.08. The topological polar surface area (TPSA) is 60.7 Å². The number of hydrogen-bond donors (Lipinski definition) is 0. The highest BCUT2D eigenvalue weighted by atomic mass is 32.2. The highest BCUT2D eigenvalue weighted by molar-refractivity contribution is 7.99. The summed E-state index contributed by atoms with van der Waals surface area (Å²) in [5, 5.41) is 9.52. The van der Waals surface area contributed by atoms with Crippen molar-refractivity contribution in [1.82, 2.24) is 19.7 Å². The Balaban J connectivity index is 1.53. The van der Waals surface area contributed by atoms with Gasteiger partial charge in [-0.15, -0.1) is 21.5 Å². The van der Waals surface area contributed by atoms with Gasteiger partial charge < -0.3 is 0 Å². The number of rotatable bonds is 7. The van der Waals surface area contributed by atoms with E-state index in [0.29, 0.717) is 11.8 Å². The van der Waals surface area contributed by atoms with Gasteiger partial charge in [-0.05, 0) is 43.5 Å². The van der Waals surface area contributed by atoms with E-state index in [2.05, 4.69) is 26.7 Å². The fourth-order valence-corrected chi connectivity index (χ4v) is 4.51. The summed E-state index contributed by atoms with van der Waals surface area (Å²) in [6, 6.07) is 8.30. The zero-order valence-electron chi connectivity index (χ0n) is 13.9. The molecule has 0 N–H and O–H groups in total. The Bertz CT molecular complexity index is 884. The number of hydrogen-bond acceptors (Lipinski definition) is 6. The lowest BCUT2D eigenvalue weighted by atomic mass is 10.3. The van der Waals surface area contributed by atoms with Crippen molar-refractivity contribution in [3.05, 3.63) is 46.4 Å². The number of Topliss-reactive ketones (excluding diaryl/α,β-unsaturated/α-hetero) is 1. The molecular formula is C18H18N4OS2. The molecule has 0 radical (unpaired) electrons. The van der Waals surface area contributed by atoms with Gasteiger partial charge in [0.2, 0.25) is 0 Å². The summed E-state index contributed by atoms with van der Waals surface area (Å²) < 4.78 is 2.17. The van der Waals surface area contributed by atoms with E-state index in [1.54, 1.807) is 23.7 Å². The molecule has 1 aliphatic carbocycles. The van der Waals surface area contributed by atoms with Gasteiger partial charge in [0.15, 0.2) is 16.8 Å². The maximum atomic E-state index is 12.4. The van der Waals surface area contributed by atoms with Crippen molar-refractivity contribution in [2.24, 2.45) is 0 Å². The Labute approximate surface area is 154 Å². The standard InChI is InChI=1S/C18H18N4OS2/c1-2-14-7-8-16(25-14)15(23)11-24-18-21-20-17(22(18)13-5-6-13)12-4-3-9-19-10-12/h3-4,7-10,13H,2,5-6,11H2,1H3. The molecule has 25 heavy (non-hydrogen) atoms. The molecule has 0 aliphatic heterocycles. The predicted molar refractivity (Wildman–Crippen MR) is 100 cm³/mol. The van der Waals surface area contributed by atoms with Crippen LogP contribution in [-0.4, -0.2) is 31.3 Å². The maximum absolute atomic E-state index is 12.4. The van der Waals surface area contributed by atoms with Crippen molar-refractivity contribution >= 4 is 28.9 Å². The van der Waals surface area contributed by atoms with Crippen LogP contribution in [0.4, 0.5) is 0 Å². The molecule has 0 atom stereocenters. The summed E-state index contributed by atoms with van der Waals surface area (Å²) in [6.07, 6.45) is 6.80. The zero-order chi connectivity index (χ0) is 17.2. The second kappa shape index (κ2) is 7.09. The molecule has 3 aromatic heterocycles. The summed E-state index contributed by atoms with van der Waals surface area (Å²) in [6.45, 7) is 2.10. The van der Waals surface area contributed by atoms with Crippen molar-refractivity contribution in [2.75, 3.05) is 5.75 Å². The first-order chi connectivity index (χ1) is 12.3. The molecule has 4 rings (SSSR count). The van der Waals surface area contributed by atoms with E-state index in [9.17, 15) is 4.79 Å². The molecule has 0 saturated heterocycles. The van der Waals surface area contributed by atoms with Crippen molar-refractivity contribution < 1.29 is 4.79 Å². The van der Waals surface area contributed by atoms with Crippen LogP contribution in [0.15, 0.2) is 41.8 Å². The van der Waals surface area contributed by atoms with E-state index in [0.717, 1.165) is 40.7 Å². The molecule has 7 heteroatoms. The van der Waals surface area contributed by atoms with Gasteiger partial charge in [0.25, 0.3) is 0 Å². The molecule has 0 spiro atoms. The van der Waals surface area contributed by atoms with E-state index >= 15 is 0 Å². The fraction of sp³-hybridized carbons (Fsp3) is 0.333. The van der Waals surface area contributed by atoms with Crippen LogP contribution in [0.25, 0.3) is 11.4 Å². The van der Waals surface area contributed by atoms with E-state index in [1.807, 2.05) is 24.3 Å². The average molecular weight is 371 g/mol. The molecule has 0 amide bonds. The quantitative estimate of drug-likeness (QED) is 0.459. The van der Waals surface area contributed by atoms with Gasteiger partial charge in [-0.1, -0.05) is 18.7 Å². The van der Waals surface area contributed by atoms with Gasteiger partial charge in [-0.25, -0.2) is 0 Å². The van der Waals surface area contributed by atoms with Gasteiger partial charge >= 0.3 is 0 Å². The van der Waals surface area contributed by atoms with Crippen LogP contribution in [0.3, 0.4) is 0 Å². The number of aromatic nitrogens is 4. The van der Waals surface area contributed by atoms with Gasteiger partial charge in [0, 0.05) is 28.9 Å². The van der Waals surface area contributed by atoms with Gasteiger partial charge in [-0.3, -0.25) is 14.3 Å². The number of thiophene rings is 1. The minimum absolute atomic E-state index is 0.156. The van der Waals surface area contributed by atoms with E-state index in [4.69, 9.17) is 0 Å². The van der Waals surface area contributed by atoms with Crippen LogP contribution in [-0.2, 0) is 6.42 Å². The van der Waals surface area contributed by atoms with Crippen molar-refractivity contribution in [1.29, 1.82) is 0 Å². The minimum Gasteiger partial charge on any atom is -0.299 e. The SMILES string of the molecule is CCc1ccc(C(=O)CSc2nnc(-c3cccnc3)n2C2CC2)s1. The Morgan fingerprint density at radius 2 is 2.20 bits per heavy atom. The van der Waals surface area contributed by atoms with Crippen molar-refractivity contribution in [3.8, 4) is 11.4 Å². The third kappa shape index (κ3) is 3.52. The largest absolute Gasteiger partial charge is 0.299 e. The predicted octanol–water partition coefficient (Wildman–Crippen LogP) is 4.27. The molecule has 0 unspecified atom stereocenters. The fourth-order valence-electron chi connectivity index (χ4n) is 2.65. The number of thioether (sulfide) groups is 1. The smallest absolute Gasteiger partial charge is 0.192 e. The van der Waals surface area contributed by atoms with Crippen LogP contribution >= 0.6 is 23.1 Å². The average Bonchev–Trinajstić information content (AvgIpc) is 3.22. The summed E-state index contributed by atoms with van der Waals surface area (Å²) in [4.78, 5) is 18.7. The summed E-state index contributed by atoms with van der Waals surface area (Å²) in [5.74, 6) is 1.39. The molecule has 1 saturated carbocycles. The highest BCUT2D eigenvalue weighted by Crippen LogP contribution is 2.41. The highest BCUT2D eigenvalue weighted by Gasteiger charge is 2.30. The van der Waals surface area contributed by atoms with Crippen molar-refractivity contribution in [3.63, 3.8) is 0 Å². The number of aryl methyl sites for hydroxylation is 1. The van der Waals surface area contributed by atoms with Crippen LogP contribution < -0.4 is 0 Å². The molecule has 3 heterocycles. The number of carbonyl (C=O) groups excluding carboxylic acids is 1. The Morgan fingerprint density at radius 1 is 1.32 bits per heavy atom. The van der Waals surface area contributed by atoms with Crippen LogP contribution in [0.2, 0.25) is 0 Å². The summed E-state index contributed by atoms with van der Waals surface area (Å²) in [7, 11) is 0. The first kappa shape index (κ1) is 16.5. The summed E-state index contributed by atoms with van der Waals surface area (Å²) in [5.41, 5.74) is 0.964. The number of ketones is 1. The van der Waals surface area contributed by atoms with E-state index in [-0.39, 0.29) is 5.78 Å². The Kier molecular flexibility index (Phi) is 4.67. The molecule has 1 fully saturated rings. The van der Waals surface area contributed by atoms with E-state index in [1.165, 1.54) is 16.6 Å². The molecular weight excluding hydrogens is 352 g/mol. The first-order valence-electron chi connectivity index (χ1n) is 8.36. The number of carbonyl (C=O) groups is 1. The molecule has 0 bridgehead atoms. The van der Waals surface area contributed by atoms with Gasteiger partial charge in [0.05, 0.1) is 10.6 Å². The monoisotopic (exact) mass is 370 g/mol. The molecule has 1 aliphatic rings. The Morgan fingerprint density at radius 3 is 2.88 bits per heavy atom. The lowest BCUT2D eigenvalue weighted by Crippen LogP contribution is -2.04. The minimum atomic E-state index is 0.156. The molecule has 128 valence electrons. The van der Waals surface area contributed by atoms with Crippen LogP contribution in [0.5, 0.6) is 0 Å². The van der Waals surface area contributed by atoms with E-state index < -0.39 is 0 Å². The second-order valence-corrected chi connectivity index (χ2v) is 8.09. The van der Waals surface area contributed by atoms with Crippen LogP contribution in [0, 0.1) is 0 Å². The number of nitrogens with zero attached hydrogens (tertiary/aromatic N) is 4. The Hall–Kier alpha value is -1.99. The first-order valence-corrected chi connectivity index (χ1v) is 10.2. The normalized spacial score (nSPS) is 14.0. The lowest BCUT2D eigenvalue weighted by molar-refractivity contribution is 0.102. The van der Waals surface area contributed by atoms with Gasteiger partial charge in [-0.2, -0.15) is 0 Å². The van der Waals surface area contributed by atoms with Crippen LogP contribution in [0.1, 0.15) is 40.4 Å².